The number of allylic oxidation sites excluding steroid dienone is 6. The van der Waals surface area contributed by atoms with Crippen LogP contribution in [0.2, 0.25) is 0 Å². The molecule has 2 aromatic heterocycles. The van der Waals surface area contributed by atoms with E-state index in [4.69, 9.17) is 96.3 Å². The van der Waals surface area contributed by atoms with Crippen molar-refractivity contribution in [3.05, 3.63) is 111 Å². The fraction of sp³-hybridized carbons (Fsp3) is 0.583. The molecule has 3 saturated heterocycles. The Balaban J connectivity index is 0.000000298. The number of hydrogen-bond donors (Lipinski definition) is 10. The number of phosphoric acid groups is 1. The summed E-state index contributed by atoms with van der Waals surface area (Å²) >= 11 is 0.0230. The van der Waals surface area contributed by atoms with Crippen LogP contribution in [0.15, 0.2) is 98.1 Å². The molecule has 0 spiro atoms. The van der Waals surface area contributed by atoms with Crippen LogP contribution in [0.4, 0.5) is 0 Å². The fourth-order valence-corrected chi connectivity index (χ4v) is 25.8. The van der Waals surface area contributed by atoms with Crippen molar-refractivity contribution in [3.8, 4) is 28.0 Å². The molecule has 3 aromatic carbocycles. The van der Waals surface area contributed by atoms with Crippen molar-refractivity contribution >= 4 is 100 Å². The van der Waals surface area contributed by atoms with Crippen molar-refractivity contribution in [3.63, 3.8) is 0 Å². The number of phosphoric ester groups is 1. The number of methoxy groups -OCH3 is 6. The summed E-state index contributed by atoms with van der Waals surface area (Å²) < 4.78 is 72.8. The monoisotopic (exact) mass is 1960 g/mol. The molecule has 1 saturated carbocycles. The Bertz CT molecular complexity index is 5870. The van der Waals surface area contributed by atoms with Crippen LogP contribution in [-0.2, 0) is 92.2 Å². The second-order valence-electron chi connectivity index (χ2n) is 39.0. The Kier molecular flexibility index (Phi) is 30.8. The number of H-pyrrole nitrogens is 1. The van der Waals surface area contributed by atoms with Gasteiger partial charge in [-0.15, -0.1) is 0 Å². The quantitative estimate of drug-likeness (QED) is 0.0146. The first-order valence-corrected chi connectivity index (χ1v) is 48.4. The van der Waals surface area contributed by atoms with Crippen molar-refractivity contribution in [2.24, 2.45) is 112 Å². The second kappa shape index (κ2) is 40.8. The van der Waals surface area contributed by atoms with Crippen molar-refractivity contribution in [1.29, 1.82) is 5.26 Å². The molecule has 4 fully saturated rings. The normalized spacial score (nSPS) is 31.2. The van der Waals surface area contributed by atoms with Gasteiger partial charge in [-0.25, -0.2) is 9.78 Å². The van der Waals surface area contributed by atoms with Crippen LogP contribution in [-0.4, -0.2) is 221 Å². The van der Waals surface area contributed by atoms with E-state index >= 15 is 0 Å². The zero-order chi connectivity index (χ0) is 100. The zero-order valence-electron chi connectivity index (χ0n) is 80.5. The third-order valence-corrected chi connectivity index (χ3v) is 32.8. The van der Waals surface area contributed by atoms with Crippen molar-refractivity contribution < 1.29 is 125 Å². The minimum atomic E-state index is -5.35. The molecule has 2 unspecified atom stereocenters. The molecule has 16 N–H and O–H groups in total. The van der Waals surface area contributed by atoms with E-state index in [1.54, 1.807) is 64.1 Å². The number of primary amides is 6. The van der Waals surface area contributed by atoms with E-state index in [-0.39, 0.29) is 121 Å². The van der Waals surface area contributed by atoms with Crippen LogP contribution in [0.25, 0.3) is 21.9 Å². The van der Waals surface area contributed by atoms with Gasteiger partial charge in [0.05, 0.1) is 77.0 Å². The third-order valence-electron chi connectivity index (χ3n) is 30.6. The standard InChI is InChI=1S/C62H90N13O14P.C33H40N2O9.CN.Co/c1-29-20-39-40(21-30(29)2)75(28-70-39)57-52(84)53(41(27-76)87-57)89-90(85,86)88-31(3)26-69-49(83)18-19-59(8)37(22-46(66)80)56-62(11)61(10,25-48(68)82)36(14-17-45(65)79)51(74-62)33(5)55-60(9,24-47(67)81)34(12-15-43(63)77)38(71-55)23-42-58(6,7)35(13-16-44(64)78)50(72-42)32(4)54(59)73-56;1-38-19-7-8-20-21-9-10-35-16-18-13-27(44-32(36)17-11-25(39-2)30(41-4)26(12-17)40-3)31(42-5)28(33(37)43-6)22(18)15-24(35)29(21)34-23(20)14-19;1-2;/h20-21,23,28,31,34-37,41,52-53,56-57,76,84H,12-19,22,24-27H2,1-11H3,(H15,63,64,65,66,67,68,69,71,72,73,74,77,78,79,80,81,82,83,85,86);7-8,11-12,14,18,22,24,27-28,31,34H,9-10,13,15-16H2,1-6H3;;/q;;;+2/p-2/t31?,34-,35-,36-,37+,41-,52-,53-,56-,57+,59-,60+,61+,62+;18-,22+,24-,27-,28+,31+;;/m11../s1. The van der Waals surface area contributed by atoms with Crippen LogP contribution in [0, 0.1) is 87.2 Å². The summed E-state index contributed by atoms with van der Waals surface area (Å²) in [6.07, 6.45) is -4.46. The van der Waals surface area contributed by atoms with Gasteiger partial charge in [-0.3, -0.25) is 14.3 Å². The minimum absolute atomic E-state index is 0.0111. The second-order valence-corrected chi connectivity index (χ2v) is 41.2. The maximum absolute atomic E-state index is 14.5. The smallest absolute Gasteiger partial charge is 0.497 e. The van der Waals surface area contributed by atoms with Gasteiger partial charge >= 0.3 is 429 Å². The van der Waals surface area contributed by atoms with Gasteiger partial charge < -0.3 is 67.1 Å². The van der Waals surface area contributed by atoms with Gasteiger partial charge in [0.2, 0.25) is 5.75 Å². The molecule has 0 radical (unpaired) electrons. The first kappa shape index (κ1) is 103. The van der Waals surface area contributed by atoms with E-state index in [0.717, 1.165) is 48.3 Å². The van der Waals surface area contributed by atoms with E-state index in [9.17, 15) is 68.1 Å². The molecule has 7 amide bonds. The van der Waals surface area contributed by atoms with Crippen LogP contribution < -0.4 is 63.6 Å². The molecule has 9 aliphatic rings. The summed E-state index contributed by atoms with van der Waals surface area (Å²) in [4.78, 5) is 162. The van der Waals surface area contributed by atoms with Gasteiger partial charge in [-0.2, -0.15) is 0 Å². The molecule has 5 aromatic rings. The number of carbonyl (C=O) groups excluding carboxylic acids is 9. The molecule has 1 aliphatic carbocycles. The van der Waals surface area contributed by atoms with Gasteiger partial charge in [0.1, 0.15) is 36.3 Å². The number of aliphatic hydroxyl groups is 2. The van der Waals surface area contributed by atoms with E-state index in [2.05, 4.69) is 31.3 Å². The molecule has 8 bridgehead atoms. The number of rotatable bonds is 35. The number of piperidine rings is 1. The number of ether oxygens (including phenoxy) is 8. The molecule has 14 rings (SSSR count). The minimum Gasteiger partial charge on any atom is -0.497 e. The van der Waals surface area contributed by atoms with Crippen molar-refractivity contribution in [2.75, 3.05) is 68.9 Å². The van der Waals surface area contributed by atoms with Gasteiger partial charge in [-0.1, -0.05) is 0 Å². The molecule has 8 aliphatic heterocycles. The molecule has 137 heavy (non-hydrogen) atoms. The topological polar surface area (TPSA) is 596 Å². The zero-order valence-corrected chi connectivity index (χ0v) is 82.4. The van der Waals surface area contributed by atoms with E-state index in [1.807, 2.05) is 65.8 Å². The number of carbonyl (C=O) groups is 9. The van der Waals surface area contributed by atoms with Crippen LogP contribution in [0.3, 0.4) is 0 Å². The van der Waals surface area contributed by atoms with Crippen LogP contribution >= 0.6 is 7.82 Å². The van der Waals surface area contributed by atoms with E-state index in [1.165, 1.54) is 62.9 Å². The number of hydrogen-bond acceptors (Lipinski definition) is 30. The Morgan fingerprint density at radius 1 is 0.766 bits per heavy atom. The number of aromatic amines is 1. The summed E-state index contributed by atoms with van der Waals surface area (Å²) in [5.41, 5.74) is 40.2. The number of nitrogens with zero attached hydrogens (tertiary/aromatic N) is 8. The number of aliphatic imine (C=N–C) groups is 3. The molecule has 744 valence electrons. The summed E-state index contributed by atoms with van der Waals surface area (Å²) in [7, 11) is 3.76. The molecule has 41 heteroatoms. The number of nitriles is 1. The van der Waals surface area contributed by atoms with Gasteiger partial charge in [0.15, 0.2) is 17.7 Å². The number of benzene rings is 3. The van der Waals surface area contributed by atoms with Crippen LogP contribution in [0.5, 0.6) is 23.0 Å². The Morgan fingerprint density at radius 3 is 2.01 bits per heavy atom. The van der Waals surface area contributed by atoms with Crippen molar-refractivity contribution in [1.82, 2.24) is 28.7 Å². The predicted molar refractivity (Wildman–Crippen MR) is 496 cm³/mol. The summed E-state index contributed by atoms with van der Waals surface area (Å²) in [6, 6.07) is 12.0. The molecule has 21 atom stereocenters. The predicted octanol–water partition coefficient (Wildman–Crippen LogP) is 6.89. The Labute approximate surface area is 801 Å². The maximum atomic E-state index is 14.5. The number of aliphatic hydroxyl groups excluding tert-OH is 2. The third kappa shape index (κ3) is 19.7. The molecular formula is C96H128CoN16O23P. The molecular weight excluding hydrogens is 1840 g/mol. The van der Waals surface area contributed by atoms with Crippen LogP contribution in [0.1, 0.15) is 191 Å². The Morgan fingerprint density at radius 2 is 1.42 bits per heavy atom. The number of nitrogens with one attached hydrogen (secondary N) is 2. The molecule has 10 heterocycles. The SMILES string of the molecule is C/C1=C2N=C(/C=C3N=C(/C(C)=C4/[C@@H](CCC(N)=O)[C@](C)(CC(N)=O)[C@](C)([C@@H]5N=C1[C@](C)(CCC(=O)NCC(C)OP(=O)([O-])O[C@H]1[C@@H](O)[C@@H](n6cnc7cc(C)c(C)cc76)O[C@@H]1CO)[C@H]5CC(N)=O)[N]4[Co+][C]#N)[C@@](C)(CC(N)=O)[C@@H]\3CCC(N)=O)C(C)(C)[C@@H]/2CCC(N)=O.COC(=O)[C@H]1[C@H]2C[C@@H]3c4[nH]c5cc(OC)ccc5c4CCN3C[C@H]2C[C@@H](OC(=O)c2cc(OC)c(OC)c(OC)c2)[C@@H]1OC. The summed E-state index contributed by atoms with van der Waals surface area (Å²) in [6.45, 7) is 20.5. The number of amides is 7. The van der Waals surface area contributed by atoms with Gasteiger partial charge in [-0.05, 0) is 98.0 Å². The average Bonchev–Trinajstić information content (AvgIpc) is 1.51. The average molecular weight is 1960 g/mol. The first-order valence-electron chi connectivity index (χ1n) is 45.9. The number of nitrogens with two attached hydrogens (primary N) is 6. The van der Waals surface area contributed by atoms with E-state index in [0.29, 0.717) is 80.1 Å². The number of imidazole rings is 1. The number of fused-ring (bicyclic) bond motifs is 13. The Hall–Kier alpha value is -11.0. The number of aryl methyl sites for hydroxylation is 2. The van der Waals surface area contributed by atoms with Gasteiger partial charge in [0, 0.05) is 42.9 Å². The molecule has 39 nitrogen and oxygen atoms in total. The number of aromatic nitrogens is 3. The summed E-state index contributed by atoms with van der Waals surface area (Å²) in [5.74, 6) is -7.44. The summed E-state index contributed by atoms with van der Waals surface area (Å²) in [5, 5.41) is 39.1. The van der Waals surface area contributed by atoms with Gasteiger partial charge in [0.25, 0.3) is 7.82 Å². The van der Waals surface area contributed by atoms with Crippen molar-refractivity contribution in [2.45, 2.75) is 227 Å². The number of esters is 2. The fourth-order valence-electron chi connectivity index (χ4n) is 23.5. The first-order chi connectivity index (χ1) is 64.7. The van der Waals surface area contributed by atoms with E-state index < -0.39 is 167 Å².